The molecule has 1 aromatic rings. The van der Waals surface area contributed by atoms with Crippen molar-refractivity contribution in [3.8, 4) is 0 Å². The van der Waals surface area contributed by atoms with E-state index in [1.807, 2.05) is 0 Å². The van der Waals surface area contributed by atoms with Gasteiger partial charge in [-0.2, -0.15) is 0 Å². The van der Waals surface area contributed by atoms with Crippen LogP contribution in [0, 0.1) is 0 Å². The average molecular weight is 312 g/mol. The van der Waals surface area contributed by atoms with Gasteiger partial charge in [0.15, 0.2) is 0 Å². The van der Waals surface area contributed by atoms with Crippen LogP contribution in [0.25, 0.3) is 0 Å². The van der Waals surface area contributed by atoms with Gasteiger partial charge in [0, 0.05) is 25.3 Å². The third-order valence-electron chi connectivity index (χ3n) is 3.72. The van der Waals surface area contributed by atoms with Crippen LogP contribution in [0.3, 0.4) is 0 Å². The Morgan fingerprint density at radius 3 is 2.76 bits per heavy atom. The van der Waals surface area contributed by atoms with Crippen LogP contribution in [0.5, 0.6) is 0 Å². The summed E-state index contributed by atoms with van der Waals surface area (Å²) < 4.78 is 22.5. The number of rotatable bonds is 6. The maximum Gasteiger partial charge on any atom is 0.239 e. The number of nitrogens with two attached hydrogens (primary N) is 1. The van der Waals surface area contributed by atoms with Gasteiger partial charge in [-0.25, -0.2) is 18.5 Å². The molecule has 0 spiro atoms. The lowest BCUT2D eigenvalue weighted by Gasteiger charge is -2.31. The summed E-state index contributed by atoms with van der Waals surface area (Å²) >= 11 is 0. The molecule has 2 rings (SSSR count). The normalized spacial score (nSPS) is 19.4. The van der Waals surface area contributed by atoms with Crippen molar-refractivity contribution in [2.75, 3.05) is 24.5 Å². The molecule has 118 valence electrons. The van der Waals surface area contributed by atoms with Crippen molar-refractivity contribution in [1.82, 2.24) is 10.3 Å². The van der Waals surface area contributed by atoms with Gasteiger partial charge in [-0.3, -0.25) is 0 Å². The lowest BCUT2D eigenvalue weighted by molar-refractivity contribution is 0.398. The number of pyridine rings is 1. The minimum absolute atomic E-state index is 0.0542. The van der Waals surface area contributed by atoms with E-state index in [2.05, 4.69) is 22.1 Å². The van der Waals surface area contributed by atoms with Gasteiger partial charge in [0.25, 0.3) is 0 Å². The number of hydrogen-bond acceptors (Lipinski definition) is 5. The minimum atomic E-state index is -3.68. The molecule has 1 aliphatic heterocycles. The van der Waals surface area contributed by atoms with Gasteiger partial charge >= 0.3 is 0 Å². The van der Waals surface area contributed by atoms with E-state index in [9.17, 15) is 8.42 Å². The molecule has 7 heteroatoms. The van der Waals surface area contributed by atoms with E-state index in [0.29, 0.717) is 6.04 Å². The number of sulfonamides is 1. The second kappa shape index (κ2) is 7.20. The lowest BCUT2D eigenvalue weighted by Crippen LogP contribution is -2.44. The van der Waals surface area contributed by atoms with Gasteiger partial charge in [-0.15, -0.1) is 0 Å². The first-order valence-electron chi connectivity index (χ1n) is 7.48. The first-order chi connectivity index (χ1) is 10.0. The molecule has 21 heavy (non-hydrogen) atoms. The van der Waals surface area contributed by atoms with Gasteiger partial charge in [0.05, 0.1) is 0 Å². The topological polar surface area (TPSA) is 88.3 Å². The zero-order valence-corrected chi connectivity index (χ0v) is 13.3. The van der Waals surface area contributed by atoms with Crippen molar-refractivity contribution in [2.45, 2.75) is 43.5 Å². The van der Waals surface area contributed by atoms with Crippen LogP contribution >= 0.6 is 0 Å². The fourth-order valence-electron chi connectivity index (χ4n) is 2.64. The fraction of sp³-hybridized carbons (Fsp3) is 0.643. The lowest BCUT2D eigenvalue weighted by atomic mass is 10.0. The van der Waals surface area contributed by atoms with Gasteiger partial charge in [-0.1, -0.05) is 13.3 Å². The molecule has 3 N–H and O–H groups in total. The third kappa shape index (κ3) is 4.66. The Hall–Kier alpha value is -1.18. The Balaban J connectivity index is 2.09. The van der Waals surface area contributed by atoms with Crippen LogP contribution in [-0.4, -0.2) is 39.1 Å². The molecule has 1 aliphatic rings. The molecule has 6 nitrogen and oxygen atoms in total. The van der Waals surface area contributed by atoms with Crippen molar-refractivity contribution in [3.05, 3.63) is 18.3 Å². The molecular formula is C14H24N4O2S. The maximum atomic E-state index is 11.3. The number of aromatic nitrogens is 1. The summed E-state index contributed by atoms with van der Waals surface area (Å²) in [6.07, 6.45) is 6.03. The molecule has 1 atom stereocenters. The largest absolute Gasteiger partial charge is 0.355 e. The zero-order valence-electron chi connectivity index (χ0n) is 12.5. The van der Waals surface area contributed by atoms with Crippen LogP contribution in [-0.2, 0) is 10.0 Å². The predicted molar refractivity (Wildman–Crippen MR) is 83.8 cm³/mol. The summed E-state index contributed by atoms with van der Waals surface area (Å²) in [4.78, 5) is 6.53. The molecule has 1 aromatic heterocycles. The summed E-state index contributed by atoms with van der Waals surface area (Å²) in [5.74, 6) is 0.802. The number of nitrogens with zero attached hydrogens (tertiary/aromatic N) is 2. The molecule has 1 saturated heterocycles. The fourth-order valence-corrected chi connectivity index (χ4v) is 3.10. The summed E-state index contributed by atoms with van der Waals surface area (Å²) in [5, 5.41) is 8.63. The van der Waals surface area contributed by atoms with Crippen LogP contribution < -0.4 is 15.4 Å². The van der Waals surface area contributed by atoms with Crippen LogP contribution in [0.1, 0.15) is 32.6 Å². The van der Waals surface area contributed by atoms with E-state index in [4.69, 9.17) is 5.14 Å². The van der Waals surface area contributed by atoms with Crippen molar-refractivity contribution in [1.29, 1.82) is 0 Å². The summed E-state index contributed by atoms with van der Waals surface area (Å²) in [6.45, 7) is 5.00. The van der Waals surface area contributed by atoms with E-state index in [-0.39, 0.29) is 4.90 Å². The highest BCUT2D eigenvalue weighted by atomic mass is 32.2. The molecule has 0 saturated carbocycles. The van der Waals surface area contributed by atoms with E-state index in [1.165, 1.54) is 31.5 Å². The van der Waals surface area contributed by atoms with Gasteiger partial charge in [0.1, 0.15) is 10.7 Å². The van der Waals surface area contributed by atoms with Crippen LogP contribution in [0.2, 0.25) is 0 Å². The monoisotopic (exact) mass is 312 g/mol. The molecule has 1 fully saturated rings. The highest BCUT2D eigenvalue weighted by Gasteiger charge is 2.18. The molecular weight excluding hydrogens is 288 g/mol. The van der Waals surface area contributed by atoms with Crippen molar-refractivity contribution in [2.24, 2.45) is 5.14 Å². The Morgan fingerprint density at radius 2 is 2.24 bits per heavy atom. The number of hydrogen-bond donors (Lipinski definition) is 2. The smallest absolute Gasteiger partial charge is 0.239 e. The average Bonchev–Trinajstić information content (AvgIpc) is 2.47. The number of primary sulfonamides is 1. The van der Waals surface area contributed by atoms with E-state index < -0.39 is 10.0 Å². The van der Waals surface area contributed by atoms with E-state index in [0.717, 1.165) is 31.9 Å². The minimum Gasteiger partial charge on any atom is -0.355 e. The molecule has 0 amide bonds. The van der Waals surface area contributed by atoms with E-state index in [1.54, 1.807) is 6.07 Å². The quantitative estimate of drug-likeness (QED) is 0.821. The molecule has 0 aromatic carbocycles. The highest BCUT2D eigenvalue weighted by molar-refractivity contribution is 7.89. The Bertz CT molecular complexity index is 539. The molecule has 2 heterocycles. The van der Waals surface area contributed by atoms with Gasteiger partial charge < -0.3 is 10.2 Å². The summed E-state index contributed by atoms with van der Waals surface area (Å²) in [5.41, 5.74) is 0. The van der Waals surface area contributed by atoms with Crippen LogP contribution in [0.15, 0.2) is 23.2 Å². The second-order valence-corrected chi connectivity index (χ2v) is 7.05. The standard InChI is InChI=1S/C14H24N4O2S/c1-2-9-18(11-12-5-3-4-8-16-12)14-7-6-13(10-17-14)21(15,19)20/h6-7,10,12,16H,2-5,8-9,11H2,1H3,(H2,15,19,20). The van der Waals surface area contributed by atoms with Gasteiger partial charge in [-0.05, 0) is 37.9 Å². The number of piperidine rings is 1. The summed E-state index contributed by atoms with van der Waals surface area (Å²) in [7, 11) is -3.68. The number of anilines is 1. The Labute approximate surface area is 126 Å². The number of nitrogens with one attached hydrogen (secondary N) is 1. The predicted octanol–water partition coefficient (Wildman–Crippen LogP) is 1.09. The molecule has 0 radical (unpaired) electrons. The molecule has 0 aliphatic carbocycles. The van der Waals surface area contributed by atoms with Crippen LogP contribution in [0.4, 0.5) is 5.82 Å². The Morgan fingerprint density at radius 1 is 1.43 bits per heavy atom. The third-order valence-corrected chi connectivity index (χ3v) is 4.62. The maximum absolute atomic E-state index is 11.3. The van der Waals surface area contributed by atoms with E-state index >= 15 is 0 Å². The second-order valence-electron chi connectivity index (χ2n) is 5.49. The first kappa shape index (κ1) is 16.2. The Kier molecular flexibility index (Phi) is 5.55. The summed E-state index contributed by atoms with van der Waals surface area (Å²) in [6, 6.07) is 3.73. The SMILES string of the molecule is CCCN(CC1CCCCN1)c1ccc(S(N)(=O)=O)cn1. The van der Waals surface area contributed by atoms with Gasteiger partial charge in [0.2, 0.25) is 10.0 Å². The highest BCUT2D eigenvalue weighted by Crippen LogP contribution is 2.16. The first-order valence-corrected chi connectivity index (χ1v) is 9.02. The molecule has 0 bridgehead atoms. The van der Waals surface area contributed by atoms with Crippen molar-refractivity contribution >= 4 is 15.8 Å². The zero-order chi connectivity index (χ0) is 15.3. The van der Waals surface area contributed by atoms with Crippen molar-refractivity contribution in [3.63, 3.8) is 0 Å². The van der Waals surface area contributed by atoms with Crippen molar-refractivity contribution < 1.29 is 8.42 Å². The molecule has 1 unspecified atom stereocenters.